The minimum Gasteiger partial charge on any atom is -0.493 e. The Kier molecular flexibility index (Phi) is 9.25. The number of nitrogens with zero attached hydrogens (tertiary/aromatic N) is 3. The van der Waals surface area contributed by atoms with Gasteiger partial charge >= 0.3 is 5.97 Å². The molecular formula is C37H34IN3O5S. The van der Waals surface area contributed by atoms with Gasteiger partial charge in [0.2, 0.25) is 0 Å². The lowest BCUT2D eigenvalue weighted by atomic mass is 9.93. The summed E-state index contributed by atoms with van der Waals surface area (Å²) in [5.41, 5.74) is 7.18. The largest absolute Gasteiger partial charge is 0.493 e. The second-order valence-electron chi connectivity index (χ2n) is 11.1. The van der Waals surface area contributed by atoms with Crippen LogP contribution in [0, 0.1) is 24.3 Å². The number of methoxy groups -OCH3 is 2. The van der Waals surface area contributed by atoms with Crippen molar-refractivity contribution in [3.63, 3.8) is 0 Å². The van der Waals surface area contributed by atoms with E-state index in [9.17, 15) is 9.59 Å². The van der Waals surface area contributed by atoms with Crippen LogP contribution in [0.4, 0.5) is 0 Å². The Morgan fingerprint density at radius 1 is 0.979 bits per heavy atom. The molecule has 0 fully saturated rings. The van der Waals surface area contributed by atoms with Gasteiger partial charge in [-0.1, -0.05) is 53.8 Å². The Morgan fingerprint density at radius 3 is 2.40 bits per heavy atom. The van der Waals surface area contributed by atoms with E-state index in [1.165, 1.54) is 20.5 Å². The number of rotatable bonds is 8. The van der Waals surface area contributed by atoms with Crippen molar-refractivity contribution in [2.24, 2.45) is 4.99 Å². The minimum atomic E-state index is -0.829. The van der Waals surface area contributed by atoms with E-state index in [-0.39, 0.29) is 17.7 Å². The number of fused-ring (bicyclic) bond motifs is 1. The number of hydrogen-bond donors (Lipinski definition) is 0. The molecular weight excluding hydrogens is 725 g/mol. The van der Waals surface area contributed by atoms with Crippen LogP contribution in [0.15, 0.2) is 88.2 Å². The molecule has 0 saturated heterocycles. The molecule has 10 heteroatoms. The number of benzene rings is 3. The molecule has 1 aliphatic heterocycles. The highest BCUT2D eigenvalue weighted by molar-refractivity contribution is 14.1. The third-order valence-corrected chi connectivity index (χ3v) is 10.4. The first kappa shape index (κ1) is 32.5. The highest BCUT2D eigenvalue weighted by atomic mass is 127. The first-order chi connectivity index (χ1) is 22.7. The van der Waals surface area contributed by atoms with Crippen molar-refractivity contribution in [3.8, 4) is 17.2 Å². The average molecular weight is 760 g/mol. The zero-order valence-electron chi connectivity index (χ0n) is 27.0. The number of hydrogen-bond acceptors (Lipinski definition) is 7. The summed E-state index contributed by atoms with van der Waals surface area (Å²) in [5, 5.41) is 0. The lowest BCUT2D eigenvalue weighted by Crippen LogP contribution is -2.40. The molecule has 0 spiro atoms. The maximum absolute atomic E-state index is 14.4. The monoisotopic (exact) mass is 759 g/mol. The fourth-order valence-electron chi connectivity index (χ4n) is 5.97. The van der Waals surface area contributed by atoms with E-state index in [0.717, 1.165) is 28.2 Å². The van der Waals surface area contributed by atoms with Crippen LogP contribution in [-0.2, 0) is 9.53 Å². The van der Waals surface area contributed by atoms with Crippen LogP contribution in [0.1, 0.15) is 46.6 Å². The molecule has 6 rings (SSSR count). The van der Waals surface area contributed by atoms with Crippen LogP contribution in [0.5, 0.6) is 11.5 Å². The molecule has 1 atom stereocenters. The fourth-order valence-corrected chi connectivity index (χ4v) is 7.46. The van der Waals surface area contributed by atoms with Gasteiger partial charge in [0, 0.05) is 26.2 Å². The summed E-state index contributed by atoms with van der Waals surface area (Å²) in [4.78, 5) is 33.7. The van der Waals surface area contributed by atoms with Crippen LogP contribution in [0.25, 0.3) is 17.5 Å². The number of aryl methyl sites for hydroxylation is 2. The zero-order chi connectivity index (χ0) is 33.4. The average Bonchev–Trinajstić information content (AvgIpc) is 3.54. The molecule has 8 nitrogen and oxygen atoms in total. The summed E-state index contributed by atoms with van der Waals surface area (Å²) in [6, 6.07) is 22.6. The maximum atomic E-state index is 14.4. The normalized spacial score (nSPS) is 14.5. The molecule has 3 aromatic carbocycles. The van der Waals surface area contributed by atoms with Gasteiger partial charge in [-0.15, -0.1) is 0 Å². The number of thiazole rings is 1. The van der Waals surface area contributed by atoms with Gasteiger partial charge < -0.3 is 18.8 Å². The third kappa shape index (κ3) is 5.96. The Morgan fingerprint density at radius 2 is 1.72 bits per heavy atom. The van der Waals surface area contributed by atoms with Crippen molar-refractivity contribution >= 4 is 51.7 Å². The second-order valence-corrected chi connectivity index (χ2v) is 13.3. The number of ether oxygens (including phenoxy) is 3. The van der Waals surface area contributed by atoms with E-state index < -0.39 is 12.0 Å². The summed E-state index contributed by atoms with van der Waals surface area (Å²) in [6.45, 7) is 8.14. The predicted octanol–water partition coefficient (Wildman–Crippen LogP) is 6.27. The minimum absolute atomic E-state index is 0.170. The van der Waals surface area contributed by atoms with Crippen molar-refractivity contribution in [1.29, 1.82) is 0 Å². The number of halogens is 1. The number of carbonyl (C=O) groups is 1. The molecule has 1 aliphatic rings. The molecule has 47 heavy (non-hydrogen) atoms. The van der Waals surface area contributed by atoms with Gasteiger partial charge in [0.15, 0.2) is 16.3 Å². The highest BCUT2D eigenvalue weighted by Gasteiger charge is 2.35. The Balaban J connectivity index is 1.61. The Labute approximate surface area is 290 Å². The predicted molar refractivity (Wildman–Crippen MR) is 193 cm³/mol. The van der Waals surface area contributed by atoms with Gasteiger partial charge in [-0.25, -0.2) is 9.79 Å². The lowest BCUT2D eigenvalue weighted by Gasteiger charge is -2.26. The Hall–Kier alpha value is -4.42. The molecule has 2 aromatic heterocycles. The molecule has 0 unspecified atom stereocenters. The van der Waals surface area contributed by atoms with Gasteiger partial charge in [0.1, 0.15) is 0 Å². The summed E-state index contributed by atoms with van der Waals surface area (Å²) in [5.74, 6) is 0.472. The smallest absolute Gasteiger partial charge is 0.338 e. The van der Waals surface area contributed by atoms with Gasteiger partial charge in [0.05, 0.1) is 42.7 Å². The van der Waals surface area contributed by atoms with Crippen LogP contribution >= 0.6 is 33.9 Å². The molecule has 0 radical (unpaired) electrons. The first-order valence-corrected chi connectivity index (χ1v) is 17.0. The van der Waals surface area contributed by atoms with Gasteiger partial charge in [-0.05, 0) is 103 Å². The summed E-state index contributed by atoms with van der Waals surface area (Å²) in [6.07, 6.45) is 1.92. The fraction of sp³-hybridized carbons (Fsp3) is 0.216. The van der Waals surface area contributed by atoms with E-state index in [1.807, 2.05) is 42.5 Å². The van der Waals surface area contributed by atoms with Gasteiger partial charge in [0.25, 0.3) is 5.56 Å². The van der Waals surface area contributed by atoms with E-state index in [1.54, 1.807) is 37.8 Å². The molecule has 0 bridgehead atoms. The highest BCUT2D eigenvalue weighted by Crippen LogP contribution is 2.38. The molecule has 240 valence electrons. The van der Waals surface area contributed by atoms with Crippen LogP contribution < -0.4 is 24.4 Å². The van der Waals surface area contributed by atoms with Crippen molar-refractivity contribution in [1.82, 2.24) is 9.13 Å². The number of aromatic nitrogens is 2. The van der Waals surface area contributed by atoms with E-state index >= 15 is 0 Å². The van der Waals surface area contributed by atoms with Crippen LogP contribution in [-0.4, -0.2) is 35.9 Å². The molecule has 0 amide bonds. The summed E-state index contributed by atoms with van der Waals surface area (Å²) in [7, 11) is 3.12. The van der Waals surface area contributed by atoms with E-state index in [4.69, 9.17) is 19.2 Å². The molecule has 5 aromatic rings. The quantitative estimate of drug-likeness (QED) is 0.138. The lowest BCUT2D eigenvalue weighted by molar-refractivity contribution is -0.138. The van der Waals surface area contributed by atoms with Crippen molar-refractivity contribution < 1.29 is 19.0 Å². The van der Waals surface area contributed by atoms with Gasteiger partial charge in [-0.2, -0.15) is 0 Å². The first-order valence-electron chi connectivity index (χ1n) is 15.1. The van der Waals surface area contributed by atoms with Crippen molar-refractivity contribution in [2.75, 3.05) is 20.8 Å². The molecule has 0 saturated carbocycles. The summed E-state index contributed by atoms with van der Waals surface area (Å²) >= 11 is 3.65. The summed E-state index contributed by atoms with van der Waals surface area (Å²) < 4.78 is 22.2. The second kappa shape index (κ2) is 13.4. The van der Waals surface area contributed by atoms with Crippen molar-refractivity contribution in [3.05, 3.63) is 135 Å². The molecule has 0 aliphatic carbocycles. The Bertz CT molecular complexity index is 2230. The van der Waals surface area contributed by atoms with Crippen LogP contribution in [0.2, 0.25) is 0 Å². The molecule has 0 N–H and O–H groups in total. The molecule has 3 heterocycles. The maximum Gasteiger partial charge on any atom is 0.338 e. The SMILES string of the molecule is CCOC(=O)C1=C(c2ccccc2)N=c2s/c(=C\c3cc(C)n(-c4ccc(C)c(I)c4)c3C)c(=O)n2[C@H]1c1ccc(OC)c(OC)c1. The zero-order valence-corrected chi connectivity index (χ0v) is 29.9. The standard InChI is InChI=1S/C37H34IN3O5S/c1-7-46-36(43)32-33(24-11-9-8-10-12-24)39-37-41(34(32)25-14-16-29(44-5)30(18-25)45-6)35(42)31(47-37)19-26-17-22(3)40(23(26)4)27-15-13-21(2)28(38)20-27/h8-20,34H,7H2,1-6H3/b31-19-/t34-/m0/s1. The topological polar surface area (TPSA) is 84.1 Å². The van der Waals surface area contributed by atoms with Crippen LogP contribution in [0.3, 0.4) is 0 Å². The van der Waals surface area contributed by atoms with E-state index in [2.05, 4.69) is 72.2 Å². The number of esters is 1. The third-order valence-electron chi connectivity index (χ3n) is 8.27. The van der Waals surface area contributed by atoms with Gasteiger partial charge in [-0.3, -0.25) is 9.36 Å². The number of carbonyl (C=O) groups excluding carboxylic acids is 1. The van der Waals surface area contributed by atoms with Crippen molar-refractivity contribution in [2.45, 2.75) is 33.7 Å². The van der Waals surface area contributed by atoms with E-state index in [0.29, 0.717) is 32.1 Å².